The third-order valence-electron chi connectivity index (χ3n) is 2.44. The van der Waals surface area contributed by atoms with Gasteiger partial charge in [0, 0.05) is 10.0 Å². The standard InChI is InChI=1S/C13H10BrFN2O3S/c14-11-7-6-10(15)8-12(11)16-21(19,20)17-13(18)9-4-2-1-3-5-9/h1-8,16H,(H,17,18). The van der Waals surface area contributed by atoms with Crippen LogP contribution >= 0.6 is 15.9 Å². The Morgan fingerprint density at radius 1 is 1.10 bits per heavy atom. The van der Waals surface area contributed by atoms with E-state index in [1.807, 2.05) is 4.72 Å². The minimum atomic E-state index is -4.17. The molecule has 1 amide bonds. The lowest BCUT2D eigenvalue weighted by molar-refractivity contribution is 0.0981. The van der Waals surface area contributed by atoms with E-state index in [4.69, 9.17) is 0 Å². The zero-order valence-electron chi connectivity index (χ0n) is 10.5. The summed E-state index contributed by atoms with van der Waals surface area (Å²) in [6.45, 7) is 0. The predicted octanol–water partition coefficient (Wildman–Crippen LogP) is 2.67. The van der Waals surface area contributed by atoms with Crippen molar-refractivity contribution in [1.29, 1.82) is 0 Å². The van der Waals surface area contributed by atoms with Gasteiger partial charge in [-0.2, -0.15) is 8.42 Å². The SMILES string of the molecule is O=C(NS(=O)(=O)Nc1cc(F)ccc1Br)c1ccccc1. The molecule has 0 saturated heterocycles. The van der Waals surface area contributed by atoms with Crippen molar-refractivity contribution < 1.29 is 17.6 Å². The molecule has 0 aliphatic heterocycles. The van der Waals surface area contributed by atoms with Gasteiger partial charge in [-0.25, -0.2) is 9.11 Å². The number of carbonyl (C=O) groups excluding carboxylic acids is 1. The predicted molar refractivity (Wildman–Crippen MR) is 80.6 cm³/mol. The first-order chi connectivity index (χ1) is 9.87. The van der Waals surface area contributed by atoms with Crippen molar-refractivity contribution in [3.8, 4) is 0 Å². The summed E-state index contributed by atoms with van der Waals surface area (Å²) in [6.07, 6.45) is 0. The lowest BCUT2D eigenvalue weighted by Gasteiger charge is -2.10. The van der Waals surface area contributed by atoms with Crippen molar-refractivity contribution in [2.45, 2.75) is 0 Å². The zero-order chi connectivity index (χ0) is 15.5. The molecule has 21 heavy (non-hydrogen) atoms. The van der Waals surface area contributed by atoms with E-state index in [1.165, 1.54) is 24.3 Å². The Morgan fingerprint density at radius 3 is 2.43 bits per heavy atom. The van der Waals surface area contributed by atoms with Crippen LogP contribution in [0, 0.1) is 5.82 Å². The Balaban J connectivity index is 2.16. The van der Waals surface area contributed by atoms with Crippen LogP contribution in [0.3, 0.4) is 0 Å². The number of hydrogen-bond acceptors (Lipinski definition) is 3. The van der Waals surface area contributed by atoms with Gasteiger partial charge < -0.3 is 0 Å². The number of rotatable bonds is 4. The summed E-state index contributed by atoms with van der Waals surface area (Å²) in [6, 6.07) is 11.4. The molecular weight excluding hydrogens is 363 g/mol. The van der Waals surface area contributed by atoms with Crippen LogP contribution in [0.5, 0.6) is 0 Å². The van der Waals surface area contributed by atoms with Crippen LogP contribution in [0.1, 0.15) is 10.4 Å². The van der Waals surface area contributed by atoms with Gasteiger partial charge in [0.05, 0.1) is 5.69 Å². The highest BCUT2D eigenvalue weighted by molar-refractivity contribution is 9.10. The summed E-state index contributed by atoms with van der Waals surface area (Å²) in [5.74, 6) is -1.39. The van der Waals surface area contributed by atoms with E-state index in [-0.39, 0.29) is 11.3 Å². The number of nitrogens with one attached hydrogen (secondary N) is 2. The second-order valence-electron chi connectivity index (χ2n) is 4.03. The molecule has 0 atom stereocenters. The summed E-state index contributed by atoms with van der Waals surface area (Å²) in [4.78, 5) is 11.8. The molecule has 0 fully saturated rings. The molecule has 0 radical (unpaired) electrons. The third kappa shape index (κ3) is 4.27. The fraction of sp³-hybridized carbons (Fsp3) is 0. The van der Waals surface area contributed by atoms with Gasteiger partial charge in [0.2, 0.25) is 0 Å². The molecule has 0 spiro atoms. The Hall–Kier alpha value is -1.93. The van der Waals surface area contributed by atoms with Crippen molar-refractivity contribution in [2.24, 2.45) is 0 Å². The highest BCUT2D eigenvalue weighted by atomic mass is 79.9. The van der Waals surface area contributed by atoms with E-state index in [2.05, 4.69) is 20.7 Å². The average molecular weight is 373 g/mol. The lowest BCUT2D eigenvalue weighted by Crippen LogP contribution is -2.35. The summed E-state index contributed by atoms with van der Waals surface area (Å²) in [5, 5.41) is 0. The molecule has 0 aliphatic carbocycles. The maximum Gasteiger partial charge on any atom is 0.323 e. The molecule has 2 N–H and O–H groups in total. The van der Waals surface area contributed by atoms with Crippen molar-refractivity contribution >= 4 is 37.7 Å². The Kier molecular flexibility index (Phi) is 4.59. The number of halogens is 2. The molecule has 2 rings (SSSR count). The molecule has 110 valence electrons. The van der Waals surface area contributed by atoms with Gasteiger partial charge in [-0.05, 0) is 46.3 Å². The maximum atomic E-state index is 13.1. The highest BCUT2D eigenvalue weighted by Gasteiger charge is 2.17. The molecule has 0 heterocycles. The van der Waals surface area contributed by atoms with Crippen LogP contribution in [0.25, 0.3) is 0 Å². The molecule has 2 aromatic carbocycles. The van der Waals surface area contributed by atoms with Gasteiger partial charge in [0.25, 0.3) is 5.91 Å². The maximum absolute atomic E-state index is 13.1. The zero-order valence-corrected chi connectivity index (χ0v) is 12.9. The van der Waals surface area contributed by atoms with Gasteiger partial charge in [0.15, 0.2) is 0 Å². The summed E-state index contributed by atoms with van der Waals surface area (Å²) < 4.78 is 41.1. The fourth-order valence-electron chi connectivity index (χ4n) is 1.52. The van der Waals surface area contributed by atoms with Crippen LogP contribution in [-0.4, -0.2) is 14.3 Å². The van der Waals surface area contributed by atoms with Gasteiger partial charge >= 0.3 is 10.2 Å². The van der Waals surface area contributed by atoms with Crippen molar-refractivity contribution in [3.05, 3.63) is 64.4 Å². The largest absolute Gasteiger partial charge is 0.323 e. The molecule has 8 heteroatoms. The average Bonchev–Trinajstić information content (AvgIpc) is 2.43. The van der Waals surface area contributed by atoms with Crippen LogP contribution in [0.4, 0.5) is 10.1 Å². The Labute approximate surface area is 129 Å². The lowest BCUT2D eigenvalue weighted by atomic mass is 10.2. The fourth-order valence-corrected chi connectivity index (χ4v) is 2.86. The summed E-state index contributed by atoms with van der Waals surface area (Å²) in [7, 11) is -4.17. The van der Waals surface area contributed by atoms with Crippen molar-refractivity contribution in [1.82, 2.24) is 4.72 Å². The smallest absolute Gasteiger partial charge is 0.268 e. The van der Waals surface area contributed by atoms with Crippen LogP contribution < -0.4 is 9.44 Å². The van der Waals surface area contributed by atoms with Gasteiger partial charge in [0.1, 0.15) is 5.82 Å². The van der Waals surface area contributed by atoms with Crippen molar-refractivity contribution in [2.75, 3.05) is 4.72 Å². The topological polar surface area (TPSA) is 75.3 Å². The molecule has 0 aromatic heterocycles. The van der Waals surface area contributed by atoms with Crippen LogP contribution in [0.2, 0.25) is 0 Å². The monoisotopic (exact) mass is 372 g/mol. The second-order valence-corrected chi connectivity index (χ2v) is 6.30. The van der Waals surface area contributed by atoms with Crippen LogP contribution in [-0.2, 0) is 10.2 Å². The normalized spacial score (nSPS) is 11.0. The summed E-state index contributed by atoms with van der Waals surface area (Å²) >= 11 is 3.09. The third-order valence-corrected chi connectivity index (χ3v) is 4.07. The van der Waals surface area contributed by atoms with Gasteiger partial charge in [-0.15, -0.1) is 0 Å². The molecule has 0 bridgehead atoms. The number of carbonyl (C=O) groups is 1. The van der Waals surface area contributed by atoms with E-state index >= 15 is 0 Å². The number of amides is 1. The van der Waals surface area contributed by atoms with Crippen molar-refractivity contribution in [3.63, 3.8) is 0 Å². The number of anilines is 1. The number of benzene rings is 2. The quantitative estimate of drug-likeness (QED) is 0.866. The van der Waals surface area contributed by atoms with Crippen LogP contribution in [0.15, 0.2) is 53.0 Å². The van der Waals surface area contributed by atoms with Gasteiger partial charge in [-0.1, -0.05) is 18.2 Å². The Morgan fingerprint density at radius 2 is 1.76 bits per heavy atom. The first-order valence-electron chi connectivity index (χ1n) is 5.72. The molecular formula is C13H10BrFN2O3S. The molecule has 5 nitrogen and oxygen atoms in total. The van der Waals surface area contributed by atoms with E-state index < -0.39 is 21.9 Å². The summed E-state index contributed by atoms with van der Waals surface area (Å²) in [5.41, 5.74) is 0.185. The number of hydrogen-bond donors (Lipinski definition) is 2. The van der Waals surface area contributed by atoms with Gasteiger partial charge in [-0.3, -0.25) is 9.52 Å². The first-order valence-corrected chi connectivity index (χ1v) is 8.00. The molecule has 0 saturated carbocycles. The van der Waals surface area contributed by atoms with E-state index in [0.29, 0.717) is 4.47 Å². The second kappa shape index (κ2) is 6.23. The molecule has 0 unspecified atom stereocenters. The molecule has 0 aliphatic rings. The van der Waals surface area contributed by atoms with E-state index in [9.17, 15) is 17.6 Å². The van der Waals surface area contributed by atoms with E-state index in [0.717, 1.165) is 6.07 Å². The minimum Gasteiger partial charge on any atom is -0.268 e. The first kappa shape index (κ1) is 15.5. The Bertz CT molecular complexity index is 766. The molecule has 2 aromatic rings. The minimum absolute atomic E-state index is 0.0108. The highest BCUT2D eigenvalue weighted by Crippen LogP contribution is 2.23. The van der Waals surface area contributed by atoms with E-state index in [1.54, 1.807) is 18.2 Å².